The van der Waals surface area contributed by atoms with Gasteiger partial charge in [-0.2, -0.15) is 0 Å². The first kappa shape index (κ1) is 14.4. The molecule has 2 nitrogen and oxygen atoms in total. The van der Waals surface area contributed by atoms with Crippen molar-refractivity contribution >= 4 is 11.3 Å². The highest BCUT2D eigenvalue weighted by Gasteiger charge is 2.07. The van der Waals surface area contributed by atoms with E-state index in [9.17, 15) is 0 Å². The Bertz CT molecular complexity index is 344. The van der Waals surface area contributed by atoms with Gasteiger partial charge in [0.2, 0.25) is 0 Å². The number of aryl methyl sites for hydroxylation is 1. The minimum absolute atomic E-state index is 0.978. The predicted octanol–water partition coefficient (Wildman–Crippen LogP) is 3.17. The normalized spacial score (nSPS) is 11.1. The van der Waals surface area contributed by atoms with E-state index in [1.165, 1.54) is 21.7 Å². The van der Waals surface area contributed by atoms with Gasteiger partial charge in [-0.3, -0.25) is 0 Å². The summed E-state index contributed by atoms with van der Waals surface area (Å²) in [4.78, 5) is 5.27. The standard InChI is InChI=1S/C14H24N2S/c1-5-6-7-8-16(4)11-13-9-14(10-15-3)17-12(13)2/h5,9,15H,1,6-8,10-11H2,2-4H3. The number of nitrogens with zero attached hydrogens (tertiary/aromatic N) is 1. The molecular formula is C14H24N2S. The fraction of sp³-hybridized carbons (Fsp3) is 0.571. The van der Waals surface area contributed by atoms with Crippen molar-refractivity contribution in [2.45, 2.75) is 32.9 Å². The molecule has 96 valence electrons. The van der Waals surface area contributed by atoms with E-state index in [1.54, 1.807) is 0 Å². The second-order valence-corrected chi connectivity index (χ2v) is 5.83. The summed E-state index contributed by atoms with van der Waals surface area (Å²) in [5.74, 6) is 0. The van der Waals surface area contributed by atoms with Crippen molar-refractivity contribution in [3.05, 3.63) is 34.0 Å². The number of allylic oxidation sites excluding steroid dienone is 1. The monoisotopic (exact) mass is 252 g/mol. The summed E-state index contributed by atoms with van der Waals surface area (Å²) in [6.45, 7) is 9.15. The Labute approximate surface area is 109 Å². The molecule has 1 rings (SSSR count). The maximum Gasteiger partial charge on any atom is 0.0296 e. The van der Waals surface area contributed by atoms with E-state index in [2.05, 4.69) is 36.8 Å². The summed E-state index contributed by atoms with van der Waals surface area (Å²) in [6, 6.07) is 2.33. The molecule has 1 heterocycles. The zero-order valence-electron chi connectivity index (χ0n) is 11.3. The molecule has 3 heteroatoms. The lowest BCUT2D eigenvalue weighted by Gasteiger charge is -2.15. The van der Waals surface area contributed by atoms with E-state index in [0.717, 1.165) is 26.1 Å². The van der Waals surface area contributed by atoms with Crippen LogP contribution in [0, 0.1) is 6.92 Å². The number of unbranched alkanes of at least 4 members (excludes halogenated alkanes) is 1. The predicted molar refractivity (Wildman–Crippen MR) is 77.6 cm³/mol. The zero-order valence-corrected chi connectivity index (χ0v) is 12.1. The Morgan fingerprint density at radius 3 is 2.94 bits per heavy atom. The fourth-order valence-corrected chi connectivity index (χ4v) is 2.95. The van der Waals surface area contributed by atoms with Crippen molar-refractivity contribution in [3.63, 3.8) is 0 Å². The lowest BCUT2D eigenvalue weighted by atomic mass is 10.2. The first-order chi connectivity index (χ1) is 8.17. The lowest BCUT2D eigenvalue weighted by Crippen LogP contribution is -2.19. The van der Waals surface area contributed by atoms with Crippen molar-refractivity contribution < 1.29 is 0 Å². The number of nitrogens with one attached hydrogen (secondary N) is 1. The third-order valence-corrected chi connectivity index (χ3v) is 3.90. The van der Waals surface area contributed by atoms with Gasteiger partial charge in [0.25, 0.3) is 0 Å². The van der Waals surface area contributed by atoms with Crippen molar-refractivity contribution in [3.8, 4) is 0 Å². The summed E-state index contributed by atoms with van der Waals surface area (Å²) in [7, 11) is 4.19. The van der Waals surface area contributed by atoms with E-state index in [1.807, 2.05) is 24.5 Å². The average Bonchev–Trinajstić information content (AvgIpc) is 2.60. The molecule has 0 aliphatic rings. The lowest BCUT2D eigenvalue weighted by molar-refractivity contribution is 0.323. The molecule has 0 atom stereocenters. The molecule has 1 N–H and O–H groups in total. The Kier molecular flexibility index (Phi) is 6.48. The smallest absolute Gasteiger partial charge is 0.0296 e. The Morgan fingerprint density at radius 1 is 1.53 bits per heavy atom. The first-order valence-corrected chi connectivity index (χ1v) is 7.01. The second-order valence-electron chi connectivity index (χ2n) is 4.49. The van der Waals surface area contributed by atoms with Gasteiger partial charge in [0.1, 0.15) is 0 Å². The summed E-state index contributed by atoms with van der Waals surface area (Å²) >= 11 is 1.90. The summed E-state index contributed by atoms with van der Waals surface area (Å²) in [5, 5.41) is 3.21. The van der Waals surface area contributed by atoms with Gasteiger partial charge in [-0.05, 0) is 52.0 Å². The molecule has 0 spiro atoms. The molecule has 0 aliphatic heterocycles. The molecule has 0 aromatic carbocycles. The van der Waals surface area contributed by atoms with Crippen LogP contribution < -0.4 is 5.32 Å². The van der Waals surface area contributed by atoms with Crippen molar-refractivity contribution in [1.29, 1.82) is 0 Å². The van der Waals surface area contributed by atoms with Crippen molar-refractivity contribution in [2.24, 2.45) is 0 Å². The topological polar surface area (TPSA) is 15.3 Å². The van der Waals surface area contributed by atoms with E-state index in [0.29, 0.717) is 0 Å². The van der Waals surface area contributed by atoms with Crippen molar-refractivity contribution in [2.75, 3.05) is 20.6 Å². The van der Waals surface area contributed by atoms with Gasteiger partial charge in [-0.15, -0.1) is 17.9 Å². The van der Waals surface area contributed by atoms with Crippen LogP contribution in [0.4, 0.5) is 0 Å². The molecule has 17 heavy (non-hydrogen) atoms. The number of hydrogen-bond donors (Lipinski definition) is 1. The fourth-order valence-electron chi connectivity index (χ4n) is 1.88. The van der Waals surface area contributed by atoms with Gasteiger partial charge >= 0.3 is 0 Å². The van der Waals surface area contributed by atoms with Crippen LogP contribution in [-0.2, 0) is 13.1 Å². The maximum absolute atomic E-state index is 3.76. The Balaban J connectivity index is 2.46. The van der Waals surface area contributed by atoms with E-state index in [-0.39, 0.29) is 0 Å². The van der Waals surface area contributed by atoms with Crippen molar-refractivity contribution in [1.82, 2.24) is 10.2 Å². The van der Waals surface area contributed by atoms with Gasteiger partial charge in [-0.25, -0.2) is 0 Å². The van der Waals surface area contributed by atoms with Crippen LogP contribution in [0.3, 0.4) is 0 Å². The van der Waals surface area contributed by atoms with Crippen LogP contribution in [-0.4, -0.2) is 25.5 Å². The molecule has 1 aromatic heterocycles. The molecule has 0 saturated heterocycles. The summed E-state index contributed by atoms with van der Waals surface area (Å²) in [6.07, 6.45) is 4.30. The molecule has 0 unspecified atom stereocenters. The number of hydrogen-bond acceptors (Lipinski definition) is 3. The SMILES string of the molecule is C=CCCCN(C)Cc1cc(CNC)sc1C. The van der Waals surface area contributed by atoms with E-state index < -0.39 is 0 Å². The molecule has 0 amide bonds. The Hall–Kier alpha value is -0.640. The van der Waals surface area contributed by atoms with Gasteiger partial charge in [0.05, 0.1) is 0 Å². The third kappa shape index (κ3) is 5.02. The minimum atomic E-state index is 0.978. The molecular weight excluding hydrogens is 228 g/mol. The molecule has 0 fully saturated rings. The molecule has 0 saturated carbocycles. The van der Waals surface area contributed by atoms with Crippen LogP contribution in [0.1, 0.15) is 28.2 Å². The number of thiophene rings is 1. The summed E-state index contributed by atoms with van der Waals surface area (Å²) < 4.78 is 0. The van der Waals surface area contributed by atoms with Gasteiger partial charge in [-0.1, -0.05) is 6.08 Å². The highest BCUT2D eigenvalue weighted by molar-refractivity contribution is 7.12. The zero-order chi connectivity index (χ0) is 12.7. The quantitative estimate of drug-likeness (QED) is 0.565. The van der Waals surface area contributed by atoms with Gasteiger partial charge < -0.3 is 10.2 Å². The molecule has 1 aromatic rings. The highest BCUT2D eigenvalue weighted by Crippen LogP contribution is 2.22. The Morgan fingerprint density at radius 2 is 2.29 bits per heavy atom. The largest absolute Gasteiger partial charge is 0.315 e. The van der Waals surface area contributed by atoms with Gasteiger partial charge in [0.15, 0.2) is 0 Å². The third-order valence-electron chi connectivity index (χ3n) is 2.81. The number of rotatable bonds is 8. The average molecular weight is 252 g/mol. The first-order valence-electron chi connectivity index (χ1n) is 6.19. The molecule has 0 radical (unpaired) electrons. The van der Waals surface area contributed by atoms with Crippen LogP contribution in [0.2, 0.25) is 0 Å². The van der Waals surface area contributed by atoms with Crippen LogP contribution in [0.15, 0.2) is 18.7 Å². The maximum atomic E-state index is 3.76. The van der Waals surface area contributed by atoms with Crippen LogP contribution in [0.5, 0.6) is 0 Å². The van der Waals surface area contributed by atoms with E-state index in [4.69, 9.17) is 0 Å². The second kappa shape index (κ2) is 7.64. The molecule has 0 aliphatic carbocycles. The minimum Gasteiger partial charge on any atom is -0.315 e. The molecule has 0 bridgehead atoms. The van der Waals surface area contributed by atoms with E-state index >= 15 is 0 Å². The van der Waals surface area contributed by atoms with Crippen LogP contribution >= 0.6 is 11.3 Å². The van der Waals surface area contributed by atoms with Crippen LogP contribution in [0.25, 0.3) is 0 Å². The summed E-state index contributed by atoms with van der Waals surface area (Å²) in [5.41, 5.74) is 1.47. The van der Waals surface area contributed by atoms with Gasteiger partial charge in [0, 0.05) is 22.8 Å². The highest BCUT2D eigenvalue weighted by atomic mass is 32.1.